The Morgan fingerprint density at radius 1 is 1.26 bits per heavy atom. The Bertz CT molecular complexity index is 439. The van der Waals surface area contributed by atoms with Crippen molar-refractivity contribution in [1.82, 2.24) is 4.90 Å². The number of ether oxygens (including phenoxy) is 1. The highest BCUT2D eigenvalue weighted by molar-refractivity contribution is 6.48. The van der Waals surface area contributed by atoms with Gasteiger partial charge in [0.25, 0.3) is 0 Å². The maximum Gasteiger partial charge on any atom is 0.412 e. The van der Waals surface area contributed by atoms with Gasteiger partial charge in [-0.1, -0.05) is 20.8 Å². The van der Waals surface area contributed by atoms with Gasteiger partial charge in [-0.25, -0.2) is 4.79 Å². The van der Waals surface area contributed by atoms with Crippen LogP contribution in [0.5, 0.6) is 0 Å². The third kappa shape index (κ3) is 5.31. The second kappa shape index (κ2) is 6.93. The molecule has 0 radical (unpaired) electrons. The maximum absolute atomic E-state index is 12.7. The first-order valence-electron chi connectivity index (χ1n) is 8.43. The largest absolute Gasteiger partial charge is 0.444 e. The summed E-state index contributed by atoms with van der Waals surface area (Å²) >= 11 is 0. The van der Waals surface area contributed by atoms with Crippen LogP contribution in [0.4, 0.5) is 4.79 Å². The minimum Gasteiger partial charge on any atom is -0.444 e. The quantitative estimate of drug-likeness (QED) is 0.578. The topological polar surface area (TPSA) is 55.8 Å². The van der Waals surface area contributed by atoms with Gasteiger partial charge < -0.3 is 14.0 Å². The SMILES string of the molecule is C[SiH](C)O[C@]1(CC=O)C[C@H](C(C)(C)C)CN1C(=O)OC(C)(C)C. The molecule has 1 aliphatic rings. The van der Waals surface area contributed by atoms with Gasteiger partial charge in [0.05, 0.1) is 6.42 Å². The van der Waals surface area contributed by atoms with Gasteiger partial charge in [0.1, 0.15) is 17.6 Å². The molecule has 6 heteroatoms. The Labute approximate surface area is 142 Å². The summed E-state index contributed by atoms with van der Waals surface area (Å²) in [7, 11) is -1.44. The summed E-state index contributed by atoms with van der Waals surface area (Å²) in [6, 6.07) is 0. The van der Waals surface area contributed by atoms with E-state index in [4.69, 9.17) is 9.16 Å². The number of amides is 1. The smallest absolute Gasteiger partial charge is 0.412 e. The van der Waals surface area contributed by atoms with Crippen molar-refractivity contribution < 1.29 is 18.8 Å². The van der Waals surface area contributed by atoms with E-state index in [1.165, 1.54) is 0 Å². The fraction of sp³-hybridized carbons (Fsp3) is 0.882. The van der Waals surface area contributed by atoms with E-state index < -0.39 is 20.4 Å². The second-order valence-electron chi connectivity index (χ2n) is 8.84. The molecule has 1 fully saturated rings. The molecule has 0 bridgehead atoms. The molecular weight excluding hydrogens is 310 g/mol. The highest BCUT2D eigenvalue weighted by atomic mass is 28.3. The van der Waals surface area contributed by atoms with Gasteiger partial charge in [0.2, 0.25) is 0 Å². The standard InChI is InChI=1S/C17H33NO4Si/c1-15(2,3)13-11-17(9-10-19,22-23(7)8)18(12-13)14(20)21-16(4,5)6/h10,13,23H,9,11-12H2,1-8H3/t13-,17+/m0/s1. The number of rotatable bonds is 4. The molecule has 1 aliphatic heterocycles. The van der Waals surface area contributed by atoms with Gasteiger partial charge >= 0.3 is 6.09 Å². The highest BCUT2D eigenvalue weighted by Gasteiger charge is 2.52. The van der Waals surface area contributed by atoms with E-state index in [1.54, 1.807) is 4.90 Å². The molecule has 0 aliphatic carbocycles. The summed E-state index contributed by atoms with van der Waals surface area (Å²) in [4.78, 5) is 25.7. The molecule has 1 amide bonds. The van der Waals surface area contributed by atoms with Crippen molar-refractivity contribution in [3.05, 3.63) is 0 Å². The second-order valence-corrected chi connectivity index (χ2v) is 11.2. The predicted octanol–water partition coefficient (Wildman–Crippen LogP) is 3.57. The van der Waals surface area contributed by atoms with Gasteiger partial charge in [0.15, 0.2) is 9.04 Å². The van der Waals surface area contributed by atoms with Crippen LogP contribution in [0.2, 0.25) is 13.1 Å². The monoisotopic (exact) mass is 343 g/mol. The molecule has 134 valence electrons. The predicted molar refractivity (Wildman–Crippen MR) is 93.9 cm³/mol. The lowest BCUT2D eigenvalue weighted by Crippen LogP contribution is -2.52. The lowest BCUT2D eigenvalue weighted by atomic mass is 9.79. The molecule has 0 N–H and O–H groups in total. The van der Waals surface area contributed by atoms with Crippen LogP contribution in [-0.2, 0) is 14.0 Å². The minimum absolute atomic E-state index is 0.0345. The van der Waals surface area contributed by atoms with Crippen molar-refractivity contribution in [1.29, 1.82) is 0 Å². The average molecular weight is 344 g/mol. The number of hydrogen-bond donors (Lipinski definition) is 0. The summed E-state index contributed by atoms with van der Waals surface area (Å²) in [5.74, 6) is 0.266. The van der Waals surface area contributed by atoms with E-state index in [2.05, 4.69) is 33.9 Å². The van der Waals surface area contributed by atoms with Gasteiger partial charge in [0, 0.05) is 6.54 Å². The van der Waals surface area contributed by atoms with Gasteiger partial charge in [-0.15, -0.1) is 0 Å². The Kier molecular flexibility index (Phi) is 6.07. The summed E-state index contributed by atoms with van der Waals surface area (Å²) in [5, 5.41) is 0. The zero-order valence-corrected chi connectivity index (χ0v) is 17.1. The summed E-state index contributed by atoms with van der Waals surface area (Å²) in [6.45, 7) is 16.7. The zero-order chi connectivity index (χ0) is 18.1. The van der Waals surface area contributed by atoms with Crippen LogP contribution in [0.25, 0.3) is 0 Å². The van der Waals surface area contributed by atoms with E-state index in [-0.39, 0.29) is 23.8 Å². The van der Waals surface area contributed by atoms with Crippen LogP contribution in [0.1, 0.15) is 54.4 Å². The molecule has 1 heterocycles. The number of nitrogens with zero attached hydrogens (tertiary/aromatic N) is 1. The number of hydrogen-bond acceptors (Lipinski definition) is 4. The fourth-order valence-electron chi connectivity index (χ4n) is 3.01. The molecule has 1 rings (SSSR count). The lowest BCUT2D eigenvalue weighted by Gasteiger charge is -2.39. The van der Waals surface area contributed by atoms with Crippen LogP contribution in [-0.4, -0.2) is 44.2 Å². The first-order chi connectivity index (χ1) is 10.3. The number of carbonyl (C=O) groups excluding carboxylic acids is 2. The summed E-state index contributed by atoms with van der Waals surface area (Å²) < 4.78 is 11.8. The Balaban J connectivity index is 3.17. The normalized spacial score (nSPS) is 25.8. The average Bonchev–Trinajstić information content (AvgIpc) is 2.65. The number of likely N-dealkylation sites (tertiary alicyclic amines) is 1. The third-order valence-electron chi connectivity index (χ3n) is 4.16. The molecule has 5 nitrogen and oxygen atoms in total. The lowest BCUT2D eigenvalue weighted by molar-refractivity contribution is -0.118. The summed E-state index contributed by atoms with van der Waals surface area (Å²) in [5.41, 5.74) is -1.38. The van der Waals surface area contributed by atoms with Crippen molar-refractivity contribution in [2.45, 2.75) is 78.8 Å². The van der Waals surface area contributed by atoms with Gasteiger partial charge in [-0.3, -0.25) is 4.90 Å². The van der Waals surface area contributed by atoms with Crippen molar-refractivity contribution in [2.75, 3.05) is 6.54 Å². The van der Waals surface area contributed by atoms with E-state index in [9.17, 15) is 9.59 Å². The first kappa shape index (κ1) is 20.2. The summed E-state index contributed by atoms with van der Waals surface area (Å²) in [6.07, 6.45) is 1.35. The third-order valence-corrected chi connectivity index (χ3v) is 5.07. The van der Waals surface area contributed by atoms with E-state index in [0.717, 1.165) is 6.29 Å². The number of carbonyl (C=O) groups is 2. The zero-order valence-electron chi connectivity index (χ0n) is 15.9. The fourth-order valence-corrected chi connectivity index (χ4v) is 4.20. The highest BCUT2D eigenvalue weighted by Crippen LogP contribution is 2.45. The molecule has 0 saturated carbocycles. The molecular formula is C17H33NO4Si. The minimum atomic E-state index is -1.44. The first-order valence-corrected chi connectivity index (χ1v) is 11.2. The van der Waals surface area contributed by atoms with Crippen LogP contribution in [0.3, 0.4) is 0 Å². The van der Waals surface area contributed by atoms with Crippen LogP contribution >= 0.6 is 0 Å². The Morgan fingerprint density at radius 2 is 1.83 bits per heavy atom. The molecule has 2 atom stereocenters. The Morgan fingerprint density at radius 3 is 2.22 bits per heavy atom. The van der Waals surface area contributed by atoms with Crippen LogP contribution in [0, 0.1) is 11.3 Å². The van der Waals surface area contributed by atoms with Crippen molar-refractivity contribution in [3.63, 3.8) is 0 Å². The van der Waals surface area contributed by atoms with E-state index >= 15 is 0 Å². The molecule has 0 spiro atoms. The molecule has 0 aromatic carbocycles. The number of aldehydes is 1. The maximum atomic E-state index is 12.7. The molecule has 0 unspecified atom stereocenters. The van der Waals surface area contributed by atoms with Crippen LogP contribution < -0.4 is 0 Å². The van der Waals surface area contributed by atoms with Crippen molar-refractivity contribution >= 4 is 21.4 Å². The molecule has 0 aromatic rings. The van der Waals surface area contributed by atoms with Crippen molar-refractivity contribution in [3.8, 4) is 0 Å². The van der Waals surface area contributed by atoms with Gasteiger partial charge in [-0.2, -0.15) is 0 Å². The van der Waals surface area contributed by atoms with Gasteiger partial charge in [-0.05, 0) is 51.6 Å². The van der Waals surface area contributed by atoms with E-state index in [0.29, 0.717) is 13.0 Å². The van der Waals surface area contributed by atoms with Crippen LogP contribution in [0.15, 0.2) is 0 Å². The molecule has 1 saturated heterocycles. The Hall–Kier alpha value is -0.883. The molecule has 0 aromatic heterocycles. The molecule has 23 heavy (non-hydrogen) atoms. The van der Waals surface area contributed by atoms with Crippen molar-refractivity contribution in [2.24, 2.45) is 11.3 Å². The van der Waals surface area contributed by atoms with E-state index in [1.807, 2.05) is 20.8 Å².